The molecule has 0 aliphatic rings. The molecule has 152 valence electrons. The van der Waals surface area contributed by atoms with Crippen molar-refractivity contribution in [3.63, 3.8) is 0 Å². The molecule has 0 fully saturated rings. The van der Waals surface area contributed by atoms with Gasteiger partial charge in [-0.2, -0.15) is 10.4 Å². The number of amides is 1. The molecule has 0 bridgehead atoms. The third kappa shape index (κ3) is 4.56. The van der Waals surface area contributed by atoms with Gasteiger partial charge in [0, 0.05) is 13.2 Å². The summed E-state index contributed by atoms with van der Waals surface area (Å²) < 4.78 is 13.0. The zero-order valence-electron chi connectivity index (χ0n) is 15.1. The number of carbonyl (C=O) groups excluding carboxylic acids is 2. The standard InChI is InChI=1S/C17H11Br2N7O4/c1-26-3-2-9-14(26)22-7-23-15(9)29-13-10(18)4-8(5-11(13)19)24-25-12(6-20)16(27)30-17(21)28/h2-5,7,24H,1H3,(H2,21,28). The van der Waals surface area contributed by atoms with E-state index in [2.05, 4.69) is 57.1 Å². The van der Waals surface area contributed by atoms with Crippen LogP contribution in [0.2, 0.25) is 0 Å². The Morgan fingerprint density at radius 1 is 1.30 bits per heavy atom. The number of hydrazone groups is 1. The van der Waals surface area contributed by atoms with Crippen molar-refractivity contribution in [1.29, 1.82) is 5.26 Å². The number of carbonyl (C=O) groups is 2. The highest BCUT2D eigenvalue weighted by molar-refractivity contribution is 9.11. The molecule has 3 aromatic rings. The first-order valence-electron chi connectivity index (χ1n) is 7.98. The molecule has 0 radical (unpaired) electrons. The van der Waals surface area contributed by atoms with Gasteiger partial charge < -0.3 is 19.8 Å². The fourth-order valence-electron chi connectivity index (χ4n) is 2.33. The van der Waals surface area contributed by atoms with Crippen molar-refractivity contribution in [2.75, 3.05) is 5.43 Å². The van der Waals surface area contributed by atoms with Gasteiger partial charge in [-0.15, -0.1) is 0 Å². The van der Waals surface area contributed by atoms with Crippen molar-refractivity contribution in [3.8, 4) is 17.7 Å². The van der Waals surface area contributed by atoms with Gasteiger partial charge in [0.1, 0.15) is 18.0 Å². The summed E-state index contributed by atoms with van der Waals surface area (Å²) >= 11 is 6.80. The van der Waals surface area contributed by atoms with Crippen molar-refractivity contribution >= 4 is 66.4 Å². The first-order valence-corrected chi connectivity index (χ1v) is 9.57. The Morgan fingerprint density at radius 2 is 2.00 bits per heavy atom. The predicted molar refractivity (Wildman–Crippen MR) is 113 cm³/mol. The topological polar surface area (TPSA) is 158 Å². The van der Waals surface area contributed by atoms with Crippen molar-refractivity contribution in [3.05, 3.63) is 39.7 Å². The van der Waals surface area contributed by atoms with E-state index in [1.54, 1.807) is 12.1 Å². The third-order valence-corrected chi connectivity index (χ3v) is 4.79. The Hall–Kier alpha value is -3.50. The lowest BCUT2D eigenvalue weighted by atomic mass is 10.3. The van der Waals surface area contributed by atoms with Gasteiger partial charge in [-0.1, -0.05) is 0 Å². The van der Waals surface area contributed by atoms with Crippen LogP contribution in [-0.4, -0.2) is 32.3 Å². The number of nitrogens with zero attached hydrogens (tertiary/aromatic N) is 5. The number of anilines is 1. The number of halogens is 2. The van der Waals surface area contributed by atoms with Crippen LogP contribution in [0.5, 0.6) is 11.6 Å². The number of fused-ring (bicyclic) bond motifs is 1. The van der Waals surface area contributed by atoms with Gasteiger partial charge in [0.15, 0.2) is 5.75 Å². The third-order valence-electron chi connectivity index (χ3n) is 3.61. The summed E-state index contributed by atoms with van der Waals surface area (Å²) in [6.07, 6.45) is 1.91. The SMILES string of the molecule is Cn1ccc2c(Oc3c(Br)cc(NN=C(C#N)C(=O)OC(N)=O)cc3Br)ncnc21. The zero-order chi connectivity index (χ0) is 21.8. The number of aryl methyl sites for hydroxylation is 1. The fourth-order valence-corrected chi connectivity index (χ4v) is 3.68. The first kappa shape index (κ1) is 21.2. The maximum atomic E-state index is 11.5. The van der Waals surface area contributed by atoms with Gasteiger partial charge in [0.05, 0.1) is 20.0 Å². The number of ether oxygens (including phenoxy) is 2. The molecule has 11 nitrogen and oxygen atoms in total. The predicted octanol–water partition coefficient (Wildman–Crippen LogP) is 3.20. The summed E-state index contributed by atoms with van der Waals surface area (Å²) in [5, 5.41) is 13.3. The molecule has 13 heteroatoms. The number of rotatable bonds is 5. The minimum Gasteiger partial charge on any atom is -0.436 e. The molecule has 0 saturated carbocycles. The Balaban J connectivity index is 1.85. The minimum absolute atomic E-state index is 0.363. The van der Waals surface area contributed by atoms with Crippen LogP contribution in [-0.2, 0) is 16.6 Å². The van der Waals surface area contributed by atoms with Crippen molar-refractivity contribution < 1.29 is 19.1 Å². The van der Waals surface area contributed by atoms with Crippen molar-refractivity contribution in [1.82, 2.24) is 14.5 Å². The number of nitriles is 1. The molecular weight excluding hydrogens is 526 g/mol. The zero-order valence-corrected chi connectivity index (χ0v) is 18.3. The van der Waals surface area contributed by atoms with Gasteiger partial charge in [-0.05, 0) is 50.1 Å². The van der Waals surface area contributed by atoms with Gasteiger partial charge >= 0.3 is 12.1 Å². The molecular formula is C17H11Br2N7O4. The average molecular weight is 537 g/mol. The number of nitrogens with one attached hydrogen (secondary N) is 1. The molecule has 2 heterocycles. The second-order valence-corrected chi connectivity index (χ2v) is 7.32. The van der Waals surface area contributed by atoms with Gasteiger partial charge in [0.2, 0.25) is 11.6 Å². The minimum atomic E-state index is -1.34. The van der Waals surface area contributed by atoms with E-state index in [0.29, 0.717) is 31.9 Å². The second-order valence-electron chi connectivity index (χ2n) is 5.61. The number of nitrogens with two attached hydrogens (primary N) is 1. The Morgan fingerprint density at radius 3 is 2.63 bits per heavy atom. The molecule has 1 amide bonds. The molecule has 3 N–H and O–H groups in total. The summed E-state index contributed by atoms with van der Waals surface area (Å²) in [5.74, 6) is -0.477. The maximum Gasteiger partial charge on any atom is 0.412 e. The van der Waals surface area contributed by atoms with Crippen molar-refractivity contribution in [2.24, 2.45) is 17.9 Å². The number of benzene rings is 1. The highest BCUT2D eigenvalue weighted by Crippen LogP contribution is 2.40. The molecule has 0 atom stereocenters. The van der Waals surface area contributed by atoms with Crippen LogP contribution in [0.4, 0.5) is 10.5 Å². The number of esters is 1. The molecule has 30 heavy (non-hydrogen) atoms. The van der Waals surface area contributed by atoms with Gasteiger partial charge in [-0.25, -0.2) is 19.6 Å². The molecule has 0 spiro atoms. The first-order chi connectivity index (χ1) is 14.3. The molecule has 0 aliphatic heterocycles. The normalized spacial score (nSPS) is 11.1. The Kier molecular flexibility index (Phi) is 6.28. The molecule has 1 aromatic carbocycles. The van der Waals surface area contributed by atoms with Gasteiger partial charge in [0.25, 0.3) is 0 Å². The summed E-state index contributed by atoms with van der Waals surface area (Å²) in [5.41, 5.74) is 7.69. The fraction of sp³-hybridized carbons (Fsp3) is 0.0588. The van der Waals surface area contributed by atoms with E-state index >= 15 is 0 Å². The van der Waals surface area contributed by atoms with E-state index in [9.17, 15) is 9.59 Å². The molecule has 0 saturated heterocycles. The highest BCUT2D eigenvalue weighted by Gasteiger charge is 2.17. The lowest BCUT2D eigenvalue weighted by Gasteiger charge is -2.12. The van der Waals surface area contributed by atoms with E-state index in [-0.39, 0.29) is 0 Å². The maximum absolute atomic E-state index is 11.5. The second kappa shape index (κ2) is 8.89. The molecule has 0 aliphatic carbocycles. The van der Waals surface area contributed by atoms with E-state index in [0.717, 1.165) is 5.39 Å². The average Bonchev–Trinajstić information content (AvgIpc) is 3.06. The quantitative estimate of drug-likeness (QED) is 0.218. The smallest absolute Gasteiger partial charge is 0.412 e. The monoisotopic (exact) mass is 535 g/mol. The molecule has 0 unspecified atom stereocenters. The van der Waals surface area contributed by atoms with Crippen LogP contribution >= 0.6 is 31.9 Å². The summed E-state index contributed by atoms with van der Waals surface area (Å²) in [6, 6.07) is 6.55. The summed E-state index contributed by atoms with van der Waals surface area (Å²) in [4.78, 5) is 30.6. The van der Waals surface area contributed by atoms with E-state index in [1.165, 1.54) is 12.4 Å². The van der Waals surface area contributed by atoms with E-state index in [1.807, 2.05) is 23.9 Å². The Bertz CT molecular complexity index is 1210. The lowest BCUT2D eigenvalue weighted by molar-refractivity contribution is -0.129. The van der Waals surface area contributed by atoms with Crippen LogP contribution < -0.4 is 15.9 Å². The molecule has 2 aromatic heterocycles. The van der Waals surface area contributed by atoms with Crippen LogP contribution in [0.1, 0.15) is 0 Å². The number of aromatic nitrogens is 3. The van der Waals surface area contributed by atoms with Crippen LogP contribution in [0.25, 0.3) is 11.0 Å². The van der Waals surface area contributed by atoms with Crippen LogP contribution in [0.3, 0.4) is 0 Å². The number of hydrogen-bond acceptors (Lipinski definition) is 9. The number of hydrogen-bond donors (Lipinski definition) is 2. The van der Waals surface area contributed by atoms with Crippen molar-refractivity contribution in [2.45, 2.75) is 0 Å². The van der Waals surface area contributed by atoms with Crippen LogP contribution in [0, 0.1) is 11.3 Å². The number of primary amides is 1. The summed E-state index contributed by atoms with van der Waals surface area (Å²) in [7, 11) is 1.86. The van der Waals surface area contributed by atoms with Gasteiger partial charge in [-0.3, -0.25) is 5.43 Å². The summed E-state index contributed by atoms with van der Waals surface area (Å²) in [6.45, 7) is 0. The van der Waals surface area contributed by atoms with E-state index < -0.39 is 17.8 Å². The largest absolute Gasteiger partial charge is 0.436 e. The molecule has 3 rings (SSSR count). The Labute approximate surface area is 185 Å². The highest BCUT2D eigenvalue weighted by atomic mass is 79.9. The lowest BCUT2D eigenvalue weighted by Crippen LogP contribution is -2.24. The van der Waals surface area contributed by atoms with Crippen LogP contribution in [0.15, 0.2) is 44.8 Å². The van der Waals surface area contributed by atoms with E-state index in [4.69, 9.17) is 15.7 Å².